The molecule has 3 heterocycles. The van der Waals surface area contributed by atoms with Crippen LogP contribution in [0.3, 0.4) is 0 Å². The number of likely N-dealkylation sites (tertiary alicyclic amines) is 1. The number of oxazole rings is 1. The van der Waals surface area contributed by atoms with Gasteiger partial charge in [0, 0.05) is 12.0 Å². The summed E-state index contributed by atoms with van der Waals surface area (Å²) in [6.07, 6.45) is 12.6. The van der Waals surface area contributed by atoms with E-state index < -0.39 is 0 Å². The van der Waals surface area contributed by atoms with Crippen molar-refractivity contribution in [1.82, 2.24) is 14.9 Å². The number of anilines is 1. The summed E-state index contributed by atoms with van der Waals surface area (Å²) < 4.78 is 7.11. The fourth-order valence-corrected chi connectivity index (χ4v) is 6.40. The highest BCUT2D eigenvalue weighted by Gasteiger charge is 2.20. The van der Waals surface area contributed by atoms with Crippen LogP contribution in [0, 0.1) is 5.92 Å². The average Bonchev–Trinajstić information content (AvgIpc) is 3.56. The predicted octanol–water partition coefficient (Wildman–Crippen LogP) is 7.82. The molecule has 0 spiro atoms. The maximum Gasteiger partial charge on any atom is 0.204 e. The van der Waals surface area contributed by atoms with Crippen LogP contribution >= 0.6 is 23.1 Å². The second-order valence-electron chi connectivity index (χ2n) is 11.3. The van der Waals surface area contributed by atoms with E-state index in [1.54, 1.807) is 23.1 Å². The number of aryl methyl sites for hydroxylation is 2. The number of nitrogens with zero attached hydrogens (tertiary/aromatic N) is 3. The quantitative estimate of drug-likeness (QED) is 0.223. The minimum absolute atomic E-state index is 0.00589. The molecule has 1 N–H and O–H groups in total. The Bertz CT molecular complexity index is 1060. The van der Waals surface area contributed by atoms with Crippen molar-refractivity contribution in [3.05, 3.63) is 59.4 Å². The largest absolute Gasteiger partial charge is 0.444 e. The zero-order valence-corrected chi connectivity index (χ0v) is 24.7. The van der Waals surface area contributed by atoms with E-state index >= 15 is 0 Å². The standard InChI is InChI=1S/C30H44N4OS2/c1-5-6-8-23-10-12-24(13-11-23)9-7-16-34-17-14-25(15-18-34)19-32-29-33-21-28(37-29)36-22-27-31-20-26(35-27)30(2,3)4/h10-13,20-21,25H,5-9,14-19,22H2,1-4H3,(H,32,33). The van der Waals surface area contributed by atoms with Gasteiger partial charge in [-0.3, -0.25) is 0 Å². The molecule has 3 aromatic rings. The molecule has 0 bridgehead atoms. The summed E-state index contributed by atoms with van der Waals surface area (Å²) in [7, 11) is 0. The van der Waals surface area contributed by atoms with Crippen molar-refractivity contribution >= 4 is 28.2 Å². The van der Waals surface area contributed by atoms with Crippen molar-refractivity contribution in [1.29, 1.82) is 0 Å². The highest BCUT2D eigenvalue weighted by molar-refractivity contribution is 8.00. The van der Waals surface area contributed by atoms with E-state index in [4.69, 9.17) is 4.42 Å². The van der Waals surface area contributed by atoms with Gasteiger partial charge in [-0.2, -0.15) is 0 Å². The molecule has 4 rings (SSSR count). The van der Waals surface area contributed by atoms with Crippen LogP contribution in [-0.4, -0.2) is 41.0 Å². The van der Waals surface area contributed by atoms with Gasteiger partial charge in [0.05, 0.1) is 22.4 Å². The fourth-order valence-electron chi connectivity index (χ4n) is 4.67. The van der Waals surface area contributed by atoms with E-state index in [0.717, 1.165) is 35.0 Å². The normalized spacial score (nSPS) is 15.4. The number of nitrogens with one attached hydrogen (secondary N) is 1. The molecule has 5 nitrogen and oxygen atoms in total. The number of hydrogen-bond donors (Lipinski definition) is 1. The van der Waals surface area contributed by atoms with Gasteiger partial charge in [0.2, 0.25) is 5.89 Å². The highest BCUT2D eigenvalue weighted by atomic mass is 32.2. The van der Waals surface area contributed by atoms with Crippen LogP contribution in [0.4, 0.5) is 5.13 Å². The molecular weight excluding hydrogens is 496 g/mol. The van der Waals surface area contributed by atoms with Gasteiger partial charge < -0.3 is 14.6 Å². The molecule has 1 saturated heterocycles. The molecule has 7 heteroatoms. The number of unbranched alkanes of at least 4 members (excludes halogenated alkanes) is 1. The van der Waals surface area contributed by atoms with Crippen molar-refractivity contribution in [3.8, 4) is 0 Å². The minimum atomic E-state index is -0.00589. The molecule has 0 atom stereocenters. The van der Waals surface area contributed by atoms with Crippen LogP contribution in [-0.2, 0) is 24.0 Å². The van der Waals surface area contributed by atoms with Crippen LogP contribution in [0.2, 0.25) is 0 Å². The molecule has 1 aromatic carbocycles. The Morgan fingerprint density at radius 3 is 2.38 bits per heavy atom. The predicted molar refractivity (Wildman–Crippen MR) is 158 cm³/mol. The van der Waals surface area contributed by atoms with Gasteiger partial charge >= 0.3 is 0 Å². The number of rotatable bonds is 13. The van der Waals surface area contributed by atoms with E-state index in [-0.39, 0.29) is 5.41 Å². The van der Waals surface area contributed by atoms with Gasteiger partial charge in [-0.1, -0.05) is 69.7 Å². The lowest BCUT2D eigenvalue weighted by atomic mass is 9.94. The van der Waals surface area contributed by atoms with Crippen molar-refractivity contribution in [2.45, 2.75) is 88.0 Å². The lowest BCUT2D eigenvalue weighted by Crippen LogP contribution is -2.36. The zero-order chi connectivity index (χ0) is 26.1. The van der Waals surface area contributed by atoms with Crippen molar-refractivity contribution in [2.75, 3.05) is 31.5 Å². The fraction of sp³-hybridized carbons (Fsp3) is 0.600. The first-order valence-corrected chi connectivity index (χ1v) is 15.8. The van der Waals surface area contributed by atoms with Gasteiger partial charge in [0.1, 0.15) is 5.76 Å². The van der Waals surface area contributed by atoms with Crippen molar-refractivity contribution < 1.29 is 4.42 Å². The SMILES string of the molecule is CCCCc1ccc(CCCN2CCC(CNc3ncc(SCc4ncc(C(C)(C)C)o4)s3)CC2)cc1. The number of piperidine rings is 1. The van der Waals surface area contributed by atoms with Crippen LogP contribution in [0.25, 0.3) is 0 Å². The Morgan fingerprint density at radius 2 is 1.73 bits per heavy atom. The first-order valence-electron chi connectivity index (χ1n) is 14.0. The first kappa shape index (κ1) is 28.2. The van der Waals surface area contributed by atoms with Gasteiger partial charge in [0.15, 0.2) is 5.13 Å². The molecule has 37 heavy (non-hydrogen) atoms. The Labute approximate surface area is 231 Å². The maximum atomic E-state index is 5.91. The molecule has 1 fully saturated rings. The number of thiazole rings is 1. The van der Waals surface area contributed by atoms with E-state index in [9.17, 15) is 0 Å². The van der Waals surface area contributed by atoms with Crippen molar-refractivity contribution in [2.24, 2.45) is 5.92 Å². The Morgan fingerprint density at radius 1 is 1.03 bits per heavy atom. The minimum Gasteiger partial charge on any atom is -0.444 e. The smallest absolute Gasteiger partial charge is 0.204 e. The molecule has 1 aliphatic rings. The molecule has 0 saturated carbocycles. The Hall–Kier alpha value is -1.83. The maximum absolute atomic E-state index is 5.91. The molecule has 202 valence electrons. The van der Waals surface area contributed by atoms with Gasteiger partial charge in [0.25, 0.3) is 0 Å². The highest BCUT2D eigenvalue weighted by Crippen LogP contribution is 2.32. The molecule has 1 aliphatic heterocycles. The van der Waals surface area contributed by atoms with Gasteiger partial charge in [-0.15, -0.1) is 11.8 Å². The molecular formula is C30H44N4OS2. The summed E-state index contributed by atoms with van der Waals surface area (Å²) in [5.41, 5.74) is 2.96. The third-order valence-corrected chi connectivity index (χ3v) is 9.28. The number of aromatic nitrogens is 2. The molecule has 0 aliphatic carbocycles. The van der Waals surface area contributed by atoms with Crippen LogP contribution in [0.1, 0.15) is 82.6 Å². The van der Waals surface area contributed by atoms with Crippen molar-refractivity contribution in [3.63, 3.8) is 0 Å². The summed E-state index contributed by atoms with van der Waals surface area (Å²) in [5.74, 6) is 3.19. The zero-order valence-electron chi connectivity index (χ0n) is 23.1. The molecule has 0 unspecified atom stereocenters. The first-order chi connectivity index (χ1) is 17.9. The van der Waals surface area contributed by atoms with Crippen LogP contribution in [0.15, 0.2) is 45.3 Å². The second kappa shape index (κ2) is 13.8. The molecule has 2 aromatic heterocycles. The third-order valence-electron chi connectivity index (χ3n) is 7.15. The summed E-state index contributed by atoms with van der Waals surface area (Å²) in [4.78, 5) is 11.7. The third kappa shape index (κ3) is 9.15. The molecule has 0 radical (unpaired) electrons. The second-order valence-corrected chi connectivity index (χ2v) is 13.6. The summed E-state index contributed by atoms with van der Waals surface area (Å²) in [6, 6.07) is 9.32. The summed E-state index contributed by atoms with van der Waals surface area (Å²) in [5, 5.41) is 4.61. The molecule has 0 amide bonds. The monoisotopic (exact) mass is 540 g/mol. The lowest BCUT2D eigenvalue weighted by molar-refractivity contribution is 0.188. The van der Waals surface area contributed by atoms with Gasteiger partial charge in [-0.05, 0) is 75.2 Å². The van der Waals surface area contributed by atoms with E-state index in [2.05, 4.69) is 72.1 Å². The average molecular weight is 541 g/mol. The van der Waals surface area contributed by atoms with Gasteiger partial charge in [-0.25, -0.2) is 9.97 Å². The summed E-state index contributed by atoms with van der Waals surface area (Å²) in [6.45, 7) is 13.4. The number of thioether (sulfide) groups is 1. The van der Waals surface area contributed by atoms with Crippen LogP contribution in [0.5, 0.6) is 0 Å². The Balaban J connectivity index is 1.09. The van der Waals surface area contributed by atoms with Crippen LogP contribution < -0.4 is 5.32 Å². The van der Waals surface area contributed by atoms with E-state index in [1.165, 1.54) is 79.9 Å². The number of hydrogen-bond acceptors (Lipinski definition) is 7. The van der Waals surface area contributed by atoms with E-state index in [1.807, 2.05) is 12.4 Å². The Kier molecular flexibility index (Phi) is 10.5. The summed E-state index contributed by atoms with van der Waals surface area (Å²) >= 11 is 3.47. The van der Waals surface area contributed by atoms with E-state index in [0.29, 0.717) is 0 Å². The lowest BCUT2D eigenvalue weighted by Gasteiger charge is -2.32. The topological polar surface area (TPSA) is 54.2 Å². The number of benzene rings is 1.